The van der Waals surface area contributed by atoms with E-state index >= 15 is 0 Å². The van der Waals surface area contributed by atoms with Gasteiger partial charge in [0.2, 0.25) is 0 Å². The van der Waals surface area contributed by atoms with E-state index < -0.39 is 6.67 Å². The Morgan fingerprint density at radius 2 is 2.00 bits per heavy atom. The molecule has 0 spiro atoms. The molecule has 0 N–H and O–H groups in total. The molecule has 0 aliphatic heterocycles. The Morgan fingerprint density at radius 3 is 2.72 bits per heavy atom. The number of aromatic nitrogens is 3. The van der Waals surface area contributed by atoms with E-state index in [1.165, 1.54) is 4.80 Å². The van der Waals surface area contributed by atoms with Crippen LogP contribution in [0.1, 0.15) is 11.3 Å². The standard InChI is InChI=1S/C12H13BrFN3O/c13-11-3-1-10(2-4-11)8-18-9-12-7-15-17(16-12)6-5-14/h1-4,7H,5-6,8-9H2. The van der Waals surface area contributed by atoms with Gasteiger partial charge < -0.3 is 4.74 Å². The molecule has 96 valence electrons. The lowest BCUT2D eigenvalue weighted by molar-refractivity contribution is 0.104. The molecular weight excluding hydrogens is 301 g/mol. The summed E-state index contributed by atoms with van der Waals surface area (Å²) in [6.45, 7) is 0.617. The minimum absolute atomic E-state index is 0.187. The first-order chi connectivity index (χ1) is 8.78. The number of rotatable bonds is 6. The summed E-state index contributed by atoms with van der Waals surface area (Å²) >= 11 is 3.38. The van der Waals surface area contributed by atoms with Gasteiger partial charge >= 0.3 is 0 Å². The molecule has 0 saturated carbocycles. The van der Waals surface area contributed by atoms with Gasteiger partial charge in [-0.3, -0.25) is 0 Å². The number of hydrogen-bond donors (Lipinski definition) is 0. The molecule has 1 aromatic carbocycles. The number of hydrogen-bond acceptors (Lipinski definition) is 3. The smallest absolute Gasteiger partial charge is 0.111 e. The van der Waals surface area contributed by atoms with Crippen molar-refractivity contribution in [1.29, 1.82) is 0 Å². The molecule has 2 rings (SSSR count). The van der Waals surface area contributed by atoms with Crippen molar-refractivity contribution in [1.82, 2.24) is 15.0 Å². The highest BCUT2D eigenvalue weighted by Crippen LogP contribution is 2.11. The van der Waals surface area contributed by atoms with E-state index in [2.05, 4.69) is 26.1 Å². The summed E-state index contributed by atoms with van der Waals surface area (Å²) in [4.78, 5) is 1.33. The zero-order valence-corrected chi connectivity index (χ0v) is 11.3. The van der Waals surface area contributed by atoms with Crippen LogP contribution < -0.4 is 0 Å². The van der Waals surface area contributed by atoms with E-state index in [4.69, 9.17) is 4.74 Å². The van der Waals surface area contributed by atoms with Crippen LogP contribution in [0.3, 0.4) is 0 Å². The third-order valence-electron chi connectivity index (χ3n) is 2.30. The Kier molecular flexibility index (Phi) is 4.83. The van der Waals surface area contributed by atoms with Crippen molar-refractivity contribution in [2.75, 3.05) is 6.67 Å². The van der Waals surface area contributed by atoms with Gasteiger partial charge in [0.05, 0.1) is 26.0 Å². The number of aryl methyl sites for hydroxylation is 1. The quantitative estimate of drug-likeness (QED) is 0.823. The van der Waals surface area contributed by atoms with Gasteiger partial charge in [-0.2, -0.15) is 15.0 Å². The van der Waals surface area contributed by atoms with Crippen LogP contribution in [0.25, 0.3) is 0 Å². The highest BCUT2D eigenvalue weighted by Gasteiger charge is 2.01. The van der Waals surface area contributed by atoms with Crippen molar-refractivity contribution in [2.24, 2.45) is 0 Å². The maximum Gasteiger partial charge on any atom is 0.111 e. The van der Waals surface area contributed by atoms with Crippen LogP contribution in [-0.4, -0.2) is 21.7 Å². The van der Waals surface area contributed by atoms with Crippen molar-refractivity contribution in [3.8, 4) is 0 Å². The van der Waals surface area contributed by atoms with Gasteiger partial charge in [0.25, 0.3) is 0 Å². The summed E-state index contributed by atoms with van der Waals surface area (Å²) in [6.07, 6.45) is 1.59. The van der Waals surface area contributed by atoms with Crippen molar-refractivity contribution in [3.05, 3.63) is 46.2 Å². The van der Waals surface area contributed by atoms with Crippen LogP contribution in [-0.2, 0) is 24.5 Å². The van der Waals surface area contributed by atoms with Gasteiger partial charge in [-0.05, 0) is 17.7 Å². The Bertz CT molecular complexity index is 486. The molecule has 0 atom stereocenters. The van der Waals surface area contributed by atoms with Crippen LogP contribution in [0.15, 0.2) is 34.9 Å². The second kappa shape index (κ2) is 6.61. The van der Waals surface area contributed by atoms with Gasteiger partial charge in [-0.1, -0.05) is 28.1 Å². The van der Waals surface area contributed by atoms with Gasteiger partial charge in [0.1, 0.15) is 12.4 Å². The first-order valence-corrected chi connectivity index (χ1v) is 6.34. The summed E-state index contributed by atoms with van der Waals surface area (Å²) in [6, 6.07) is 7.92. The van der Waals surface area contributed by atoms with Crippen LogP contribution in [0.5, 0.6) is 0 Å². The zero-order chi connectivity index (χ0) is 12.8. The largest absolute Gasteiger partial charge is 0.370 e. The highest BCUT2D eigenvalue weighted by molar-refractivity contribution is 9.10. The lowest BCUT2D eigenvalue weighted by Crippen LogP contribution is -2.04. The molecule has 0 radical (unpaired) electrons. The molecule has 1 heterocycles. The Morgan fingerprint density at radius 1 is 1.22 bits per heavy atom. The van der Waals surface area contributed by atoms with E-state index in [-0.39, 0.29) is 6.54 Å². The van der Waals surface area contributed by atoms with Gasteiger partial charge in [0.15, 0.2) is 0 Å². The predicted molar refractivity (Wildman–Crippen MR) is 68.6 cm³/mol. The van der Waals surface area contributed by atoms with Crippen LogP contribution in [0.2, 0.25) is 0 Å². The molecule has 0 fully saturated rings. The molecule has 0 aliphatic rings. The minimum atomic E-state index is -0.464. The summed E-state index contributed by atoms with van der Waals surface area (Å²) < 4.78 is 18.6. The monoisotopic (exact) mass is 313 g/mol. The zero-order valence-electron chi connectivity index (χ0n) is 9.72. The van der Waals surface area contributed by atoms with Gasteiger partial charge in [-0.15, -0.1) is 0 Å². The topological polar surface area (TPSA) is 39.9 Å². The van der Waals surface area contributed by atoms with E-state index in [1.54, 1.807) is 6.20 Å². The lowest BCUT2D eigenvalue weighted by Gasteiger charge is -2.02. The molecule has 0 aliphatic carbocycles. The first-order valence-electron chi connectivity index (χ1n) is 5.55. The molecule has 0 bridgehead atoms. The fraction of sp³-hybridized carbons (Fsp3) is 0.333. The lowest BCUT2D eigenvalue weighted by atomic mass is 10.2. The summed E-state index contributed by atoms with van der Waals surface area (Å²) in [5.41, 5.74) is 1.80. The highest BCUT2D eigenvalue weighted by atomic mass is 79.9. The predicted octanol–water partition coefficient (Wildman–Crippen LogP) is 2.73. The van der Waals surface area contributed by atoms with Gasteiger partial charge in [-0.25, -0.2) is 4.39 Å². The number of nitrogens with zero attached hydrogens (tertiary/aromatic N) is 3. The molecule has 2 aromatic rings. The number of ether oxygens (including phenoxy) is 1. The second-order valence-corrected chi connectivity index (χ2v) is 4.66. The van der Waals surface area contributed by atoms with Crippen LogP contribution in [0.4, 0.5) is 4.39 Å². The molecule has 18 heavy (non-hydrogen) atoms. The third kappa shape index (κ3) is 3.89. The summed E-state index contributed by atoms with van der Waals surface area (Å²) in [5.74, 6) is 0. The van der Waals surface area contributed by atoms with Crippen molar-refractivity contribution >= 4 is 15.9 Å². The van der Waals surface area contributed by atoms with Crippen molar-refractivity contribution in [2.45, 2.75) is 19.8 Å². The molecule has 0 amide bonds. The molecular formula is C12H13BrFN3O. The van der Waals surface area contributed by atoms with Crippen LogP contribution in [0, 0.1) is 0 Å². The maximum atomic E-state index is 12.1. The molecule has 0 saturated heterocycles. The minimum Gasteiger partial charge on any atom is -0.370 e. The van der Waals surface area contributed by atoms with E-state index in [0.29, 0.717) is 18.9 Å². The Hall–Kier alpha value is -1.27. The molecule has 0 unspecified atom stereocenters. The van der Waals surface area contributed by atoms with Crippen molar-refractivity contribution < 1.29 is 9.13 Å². The van der Waals surface area contributed by atoms with E-state index in [0.717, 1.165) is 10.0 Å². The Balaban J connectivity index is 1.79. The average Bonchev–Trinajstić information content (AvgIpc) is 2.80. The summed E-state index contributed by atoms with van der Waals surface area (Å²) in [5, 5.41) is 8.00. The van der Waals surface area contributed by atoms with E-state index in [9.17, 15) is 4.39 Å². The molecule has 6 heteroatoms. The first kappa shape index (κ1) is 13.2. The van der Waals surface area contributed by atoms with E-state index in [1.807, 2.05) is 24.3 Å². The summed E-state index contributed by atoms with van der Waals surface area (Å²) in [7, 11) is 0. The molecule has 1 aromatic heterocycles. The molecule has 4 nitrogen and oxygen atoms in total. The second-order valence-electron chi connectivity index (χ2n) is 3.74. The normalized spacial score (nSPS) is 10.8. The SMILES string of the molecule is FCCn1ncc(COCc2ccc(Br)cc2)n1. The number of benzene rings is 1. The fourth-order valence-corrected chi connectivity index (χ4v) is 1.70. The third-order valence-corrected chi connectivity index (χ3v) is 2.83. The number of alkyl halides is 1. The number of halogens is 2. The fourth-order valence-electron chi connectivity index (χ4n) is 1.44. The van der Waals surface area contributed by atoms with Gasteiger partial charge in [0, 0.05) is 4.47 Å². The Labute approximate surface area is 113 Å². The average molecular weight is 314 g/mol. The van der Waals surface area contributed by atoms with Crippen LogP contribution >= 0.6 is 15.9 Å². The maximum absolute atomic E-state index is 12.1. The van der Waals surface area contributed by atoms with Crippen molar-refractivity contribution in [3.63, 3.8) is 0 Å².